The van der Waals surface area contributed by atoms with E-state index >= 15 is 0 Å². The molecule has 2 aromatic rings. The fourth-order valence-electron chi connectivity index (χ4n) is 2.18. The number of aryl methyl sites for hydroxylation is 2. The largest absolute Gasteiger partial charge is 0.419 e. The predicted octanol–water partition coefficient (Wildman–Crippen LogP) is 3.80. The molecule has 1 aromatic heterocycles. The highest BCUT2D eigenvalue weighted by molar-refractivity contribution is 5.59. The van der Waals surface area contributed by atoms with Crippen LogP contribution in [-0.4, -0.2) is 16.7 Å². The second kappa shape index (κ2) is 6.66. The van der Waals surface area contributed by atoms with Gasteiger partial charge in [0.25, 0.3) is 0 Å². The van der Waals surface area contributed by atoms with Crippen LogP contribution in [-0.2, 0) is 0 Å². The summed E-state index contributed by atoms with van der Waals surface area (Å²) < 4.78 is 5.87. The van der Waals surface area contributed by atoms with Crippen LogP contribution in [0.25, 0.3) is 11.5 Å². The Bertz CT molecular complexity index is 563. The van der Waals surface area contributed by atoms with Crippen LogP contribution < -0.4 is 5.32 Å². The first kappa shape index (κ1) is 14.7. The number of hydrogen-bond acceptors (Lipinski definition) is 4. The van der Waals surface area contributed by atoms with Gasteiger partial charge in [0.1, 0.15) is 0 Å². The third-order valence-electron chi connectivity index (χ3n) is 3.41. The third-order valence-corrected chi connectivity index (χ3v) is 3.41. The Morgan fingerprint density at radius 1 is 1.20 bits per heavy atom. The van der Waals surface area contributed by atoms with Gasteiger partial charge in [0, 0.05) is 5.56 Å². The van der Waals surface area contributed by atoms with Crippen molar-refractivity contribution in [1.82, 2.24) is 15.5 Å². The molecule has 0 saturated carbocycles. The van der Waals surface area contributed by atoms with Gasteiger partial charge in [-0.05, 0) is 44.9 Å². The van der Waals surface area contributed by atoms with Crippen molar-refractivity contribution in [2.75, 3.05) is 6.54 Å². The van der Waals surface area contributed by atoms with Gasteiger partial charge in [-0.25, -0.2) is 0 Å². The van der Waals surface area contributed by atoms with E-state index in [-0.39, 0.29) is 6.04 Å². The van der Waals surface area contributed by atoms with E-state index in [0.29, 0.717) is 11.8 Å². The van der Waals surface area contributed by atoms with E-state index in [4.69, 9.17) is 4.42 Å². The van der Waals surface area contributed by atoms with Gasteiger partial charge in [0.2, 0.25) is 11.8 Å². The maximum Gasteiger partial charge on any atom is 0.248 e. The van der Waals surface area contributed by atoms with Gasteiger partial charge in [0.05, 0.1) is 6.04 Å². The van der Waals surface area contributed by atoms with Crippen LogP contribution in [0, 0.1) is 13.8 Å². The molecule has 1 atom stereocenters. The molecule has 0 amide bonds. The van der Waals surface area contributed by atoms with Crippen molar-refractivity contribution in [2.45, 2.75) is 46.6 Å². The lowest BCUT2D eigenvalue weighted by molar-refractivity contribution is 0.396. The lowest BCUT2D eigenvalue weighted by atomic mass is 10.1. The number of nitrogens with zero attached hydrogens (tertiary/aromatic N) is 2. The maximum absolute atomic E-state index is 5.87. The Hall–Kier alpha value is -1.68. The average molecular weight is 273 g/mol. The second-order valence-electron chi connectivity index (χ2n) is 5.18. The van der Waals surface area contributed by atoms with Crippen molar-refractivity contribution in [3.63, 3.8) is 0 Å². The molecule has 0 fully saturated rings. The summed E-state index contributed by atoms with van der Waals surface area (Å²) in [7, 11) is 0. The highest BCUT2D eigenvalue weighted by Crippen LogP contribution is 2.25. The van der Waals surface area contributed by atoms with E-state index in [0.717, 1.165) is 30.5 Å². The van der Waals surface area contributed by atoms with Crippen molar-refractivity contribution < 1.29 is 4.42 Å². The fraction of sp³-hybridized carbons (Fsp3) is 0.500. The molecule has 20 heavy (non-hydrogen) atoms. The zero-order valence-electron chi connectivity index (χ0n) is 12.7. The molecule has 2 rings (SSSR count). The van der Waals surface area contributed by atoms with Crippen molar-refractivity contribution in [3.8, 4) is 11.5 Å². The summed E-state index contributed by atoms with van der Waals surface area (Å²) in [4.78, 5) is 0. The van der Waals surface area contributed by atoms with E-state index < -0.39 is 0 Å². The monoisotopic (exact) mass is 273 g/mol. The first-order valence-electron chi connectivity index (χ1n) is 7.30. The summed E-state index contributed by atoms with van der Waals surface area (Å²) >= 11 is 0. The third kappa shape index (κ3) is 3.25. The summed E-state index contributed by atoms with van der Waals surface area (Å²) in [6.45, 7) is 9.35. The smallest absolute Gasteiger partial charge is 0.248 e. The van der Waals surface area contributed by atoms with Crippen molar-refractivity contribution >= 4 is 0 Å². The van der Waals surface area contributed by atoms with Crippen LogP contribution in [0.3, 0.4) is 0 Å². The second-order valence-corrected chi connectivity index (χ2v) is 5.18. The van der Waals surface area contributed by atoms with E-state index in [1.165, 1.54) is 5.56 Å². The first-order valence-corrected chi connectivity index (χ1v) is 7.30. The lowest BCUT2D eigenvalue weighted by Gasteiger charge is -2.11. The molecule has 0 aliphatic heterocycles. The minimum absolute atomic E-state index is 0.140. The van der Waals surface area contributed by atoms with Crippen LogP contribution in [0.1, 0.15) is 49.7 Å². The maximum atomic E-state index is 5.87. The van der Waals surface area contributed by atoms with Gasteiger partial charge >= 0.3 is 0 Å². The lowest BCUT2D eigenvalue weighted by Crippen LogP contribution is -2.21. The Labute approximate surface area is 120 Å². The molecule has 1 N–H and O–H groups in total. The van der Waals surface area contributed by atoms with Crippen LogP contribution in [0.4, 0.5) is 0 Å². The van der Waals surface area contributed by atoms with Gasteiger partial charge in [0.15, 0.2) is 0 Å². The van der Waals surface area contributed by atoms with Crippen LogP contribution >= 0.6 is 0 Å². The molecular weight excluding hydrogens is 250 g/mol. The molecule has 0 bridgehead atoms. The first-order chi connectivity index (χ1) is 9.65. The summed E-state index contributed by atoms with van der Waals surface area (Å²) in [5.74, 6) is 1.29. The zero-order valence-corrected chi connectivity index (χ0v) is 12.7. The van der Waals surface area contributed by atoms with Gasteiger partial charge < -0.3 is 9.73 Å². The fourth-order valence-corrected chi connectivity index (χ4v) is 2.18. The molecule has 0 radical (unpaired) electrons. The number of nitrogens with one attached hydrogen (secondary N) is 1. The topological polar surface area (TPSA) is 51.0 Å². The molecule has 108 valence electrons. The zero-order chi connectivity index (χ0) is 14.5. The summed E-state index contributed by atoms with van der Waals surface area (Å²) in [6, 6.07) is 6.41. The normalized spacial score (nSPS) is 12.6. The number of rotatable bonds is 6. The van der Waals surface area contributed by atoms with Gasteiger partial charge in [-0.1, -0.05) is 31.5 Å². The summed E-state index contributed by atoms with van der Waals surface area (Å²) in [5.41, 5.74) is 3.37. The number of aromatic nitrogens is 2. The SMILES string of the molecule is CCCNC(CC)c1nnc(-c2cc(C)ccc2C)o1. The number of hydrogen-bond donors (Lipinski definition) is 1. The summed E-state index contributed by atoms with van der Waals surface area (Å²) in [5, 5.41) is 11.8. The molecule has 0 saturated heterocycles. The standard InChI is InChI=1S/C16H23N3O/c1-5-9-17-14(6-2)16-19-18-15(20-16)13-10-11(3)7-8-12(13)4/h7-8,10,14,17H,5-6,9H2,1-4H3. The molecule has 1 aromatic carbocycles. The van der Waals surface area contributed by atoms with Crippen molar-refractivity contribution in [1.29, 1.82) is 0 Å². The molecule has 4 heteroatoms. The molecule has 4 nitrogen and oxygen atoms in total. The van der Waals surface area contributed by atoms with Crippen molar-refractivity contribution in [3.05, 3.63) is 35.2 Å². The molecule has 1 unspecified atom stereocenters. The average Bonchev–Trinajstić information content (AvgIpc) is 2.92. The van der Waals surface area contributed by atoms with Gasteiger partial charge in [-0.2, -0.15) is 0 Å². The molecule has 0 aliphatic carbocycles. The highest BCUT2D eigenvalue weighted by atomic mass is 16.4. The van der Waals surface area contributed by atoms with E-state index in [9.17, 15) is 0 Å². The van der Waals surface area contributed by atoms with Crippen LogP contribution in [0.15, 0.2) is 22.6 Å². The Morgan fingerprint density at radius 2 is 2.00 bits per heavy atom. The molecule has 0 aliphatic rings. The molecule has 0 spiro atoms. The Kier molecular flexibility index (Phi) is 4.90. The Balaban J connectivity index is 2.25. The van der Waals surface area contributed by atoms with E-state index in [1.54, 1.807) is 0 Å². The highest BCUT2D eigenvalue weighted by Gasteiger charge is 2.17. The van der Waals surface area contributed by atoms with Crippen molar-refractivity contribution in [2.24, 2.45) is 0 Å². The predicted molar refractivity (Wildman–Crippen MR) is 80.5 cm³/mol. The van der Waals surface area contributed by atoms with E-state index in [1.807, 2.05) is 0 Å². The quantitative estimate of drug-likeness (QED) is 0.869. The molecule has 1 heterocycles. The molecular formula is C16H23N3O. The minimum atomic E-state index is 0.140. The summed E-state index contributed by atoms with van der Waals surface area (Å²) in [6.07, 6.45) is 2.03. The number of benzene rings is 1. The minimum Gasteiger partial charge on any atom is -0.419 e. The van der Waals surface area contributed by atoms with Gasteiger partial charge in [-0.15, -0.1) is 10.2 Å². The van der Waals surface area contributed by atoms with Crippen LogP contribution in [0.2, 0.25) is 0 Å². The van der Waals surface area contributed by atoms with Crippen LogP contribution in [0.5, 0.6) is 0 Å². The van der Waals surface area contributed by atoms with Gasteiger partial charge in [-0.3, -0.25) is 0 Å². The Morgan fingerprint density at radius 3 is 2.70 bits per heavy atom. The van der Waals surface area contributed by atoms with E-state index in [2.05, 4.69) is 61.4 Å².